The van der Waals surface area contributed by atoms with Crippen molar-refractivity contribution in [2.75, 3.05) is 0 Å². The van der Waals surface area contributed by atoms with Crippen LogP contribution >= 0.6 is 0 Å². The van der Waals surface area contributed by atoms with E-state index in [1.54, 1.807) is 0 Å². The third-order valence-corrected chi connectivity index (χ3v) is 2.33. The van der Waals surface area contributed by atoms with Crippen LogP contribution in [0.4, 0.5) is 0 Å². The Morgan fingerprint density at radius 1 is 1.30 bits per heavy atom. The van der Waals surface area contributed by atoms with E-state index in [1.165, 1.54) is 12.8 Å². The molecule has 1 heteroatoms. The highest BCUT2D eigenvalue weighted by Gasteiger charge is 2.23. The van der Waals surface area contributed by atoms with E-state index in [0.717, 1.165) is 12.8 Å². The maximum Gasteiger partial charge on any atom is 0.138 e. The molecule has 0 spiro atoms. The molecule has 1 fully saturated rings. The Hall–Kier alpha value is -0.330. The number of Topliss-reactive ketones (excluding diaryl/α,β-unsaturated/α-hetero) is 1. The largest absolute Gasteiger partial charge is 0.299 e. The number of carbonyl (C=O) groups excluding carboxylic acids is 1. The molecular weight excluding hydrogens is 124 g/mol. The van der Waals surface area contributed by atoms with Gasteiger partial charge in [0.1, 0.15) is 5.78 Å². The average Bonchev–Trinajstić information content (AvgIpc) is 2.36. The molecule has 0 aliphatic heterocycles. The van der Waals surface area contributed by atoms with Gasteiger partial charge in [-0.2, -0.15) is 0 Å². The van der Waals surface area contributed by atoms with E-state index in [2.05, 4.69) is 0 Å². The third kappa shape index (κ3) is 1.59. The molecule has 1 aliphatic rings. The minimum Gasteiger partial charge on any atom is -0.299 e. The lowest BCUT2D eigenvalue weighted by molar-refractivity contribution is -0.125. The van der Waals surface area contributed by atoms with Crippen molar-refractivity contribution < 1.29 is 4.79 Å². The van der Waals surface area contributed by atoms with Gasteiger partial charge in [-0.3, -0.25) is 4.79 Å². The minimum absolute atomic E-state index is 0.253. The van der Waals surface area contributed by atoms with Crippen molar-refractivity contribution in [3.63, 3.8) is 0 Å². The number of carbonyl (C=O) groups is 1. The Balaban J connectivity index is 2.40. The lowest BCUT2D eigenvalue weighted by Gasteiger charge is -2.09. The fourth-order valence-electron chi connectivity index (χ4n) is 1.68. The Morgan fingerprint density at radius 2 is 1.80 bits per heavy atom. The van der Waals surface area contributed by atoms with E-state index in [9.17, 15) is 4.79 Å². The first-order chi connectivity index (χ1) is 4.72. The second kappa shape index (κ2) is 3.18. The summed E-state index contributed by atoms with van der Waals surface area (Å²) in [5, 5.41) is 0. The zero-order chi connectivity index (χ0) is 7.56. The molecule has 0 radical (unpaired) electrons. The normalized spacial score (nSPS) is 20.3. The minimum atomic E-state index is 0.253. The molecule has 1 saturated carbocycles. The summed E-state index contributed by atoms with van der Waals surface area (Å²) in [5.74, 6) is 1.15. The second-order valence-electron chi connectivity index (χ2n) is 3.54. The quantitative estimate of drug-likeness (QED) is 0.575. The maximum absolute atomic E-state index is 11.3. The highest BCUT2D eigenvalue weighted by Crippen LogP contribution is 2.27. The van der Waals surface area contributed by atoms with Gasteiger partial charge in [0.25, 0.3) is 0 Å². The SMILES string of the molecule is CC(C)C(=O)C1CCCC1. The first-order valence-electron chi connectivity index (χ1n) is 4.25. The molecule has 0 amide bonds. The topological polar surface area (TPSA) is 17.1 Å². The molecule has 0 unspecified atom stereocenters. The standard InChI is InChI=1S/C9H16O/c1-7(2)9(10)8-5-3-4-6-8/h7-8H,3-6H2,1-2H3. The summed E-state index contributed by atoms with van der Waals surface area (Å²) in [5.41, 5.74) is 0. The van der Waals surface area contributed by atoms with Gasteiger partial charge in [0, 0.05) is 11.8 Å². The Morgan fingerprint density at radius 3 is 2.20 bits per heavy atom. The molecule has 0 bridgehead atoms. The lowest BCUT2D eigenvalue weighted by Crippen LogP contribution is -2.16. The van der Waals surface area contributed by atoms with Gasteiger partial charge >= 0.3 is 0 Å². The summed E-state index contributed by atoms with van der Waals surface area (Å²) in [6, 6.07) is 0. The molecule has 0 aromatic carbocycles. The Labute approximate surface area is 62.8 Å². The predicted molar refractivity (Wildman–Crippen MR) is 41.8 cm³/mol. The molecule has 0 saturated heterocycles. The monoisotopic (exact) mass is 140 g/mol. The first-order valence-corrected chi connectivity index (χ1v) is 4.25. The van der Waals surface area contributed by atoms with Crippen molar-refractivity contribution in [1.29, 1.82) is 0 Å². The molecule has 10 heavy (non-hydrogen) atoms. The van der Waals surface area contributed by atoms with E-state index in [-0.39, 0.29) is 5.92 Å². The Kier molecular flexibility index (Phi) is 2.47. The summed E-state index contributed by atoms with van der Waals surface area (Å²) in [4.78, 5) is 11.3. The van der Waals surface area contributed by atoms with Crippen LogP contribution in [0, 0.1) is 11.8 Å². The molecule has 1 aliphatic carbocycles. The van der Waals surface area contributed by atoms with Crippen LogP contribution in [0.2, 0.25) is 0 Å². The molecule has 0 atom stereocenters. The van der Waals surface area contributed by atoms with Crippen LogP contribution in [0.25, 0.3) is 0 Å². The number of hydrogen-bond acceptors (Lipinski definition) is 1. The van der Waals surface area contributed by atoms with Gasteiger partial charge in [-0.1, -0.05) is 26.7 Å². The van der Waals surface area contributed by atoms with Gasteiger partial charge in [-0.15, -0.1) is 0 Å². The molecule has 1 rings (SSSR count). The first kappa shape index (κ1) is 7.77. The smallest absolute Gasteiger partial charge is 0.138 e. The van der Waals surface area contributed by atoms with Crippen molar-refractivity contribution in [2.24, 2.45) is 11.8 Å². The van der Waals surface area contributed by atoms with E-state index < -0.39 is 0 Å². The van der Waals surface area contributed by atoms with Crippen LogP contribution in [-0.4, -0.2) is 5.78 Å². The van der Waals surface area contributed by atoms with E-state index in [1.807, 2.05) is 13.8 Å². The number of rotatable bonds is 2. The molecular formula is C9H16O. The molecule has 0 aromatic rings. The molecule has 1 nitrogen and oxygen atoms in total. The van der Waals surface area contributed by atoms with E-state index in [4.69, 9.17) is 0 Å². The highest BCUT2D eigenvalue weighted by molar-refractivity contribution is 5.82. The van der Waals surface area contributed by atoms with Gasteiger partial charge in [0.05, 0.1) is 0 Å². The van der Waals surface area contributed by atoms with Crippen molar-refractivity contribution >= 4 is 5.78 Å². The number of hydrogen-bond donors (Lipinski definition) is 0. The van der Waals surface area contributed by atoms with Crippen LogP contribution in [0.5, 0.6) is 0 Å². The summed E-state index contributed by atoms with van der Waals surface area (Å²) in [6.45, 7) is 4.00. The van der Waals surface area contributed by atoms with Crippen molar-refractivity contribution in [2.45, 2.75) is 39.5 Å². The summed E-state index contributed by atoms with van der Waals surface area (Å²) >= 11 is 0. The molecule has 58 valence electrons. The second-order valence-corrected chi connectivity index (χ2v) is 3.54. The lowest BCUT2D eigenvalue weighted by atomic mass is 9.94. The van der Waals surface area contributed by atoms with Crippen molar-refractivity contribution in [3.05, 3.63) is 0 Å². The number of ketones is 1. The summed E-state index contributed by atoms with van der Waals surface area (Å²) in [6.07, 6.45) is 4.83. The van der Waals surface area contributed by atoms with E-state index in [0.29, 0.717) is 11.7 Å². The summed E-state index contributed by atoms with van der Waals surface area (Å²) in [7, 11) is 0. The zero-order valence-corrected chi connectivity index (χ0v) is 6.89. The molecule has 0 heterocycles. The van der Waals surface area contributed by atoms with Gasteiger partial charge in [0.2, 0.25) is 0 Å². The fraction of sp³-hybridized carbons (Fsp3) is 0.889. The summed E-state index contributed by atoms with van der Waals surface area (Å²) < 4.78 is 0. The van der Waals surface area contributed by atoms with Crippen LogP contribution in [0.3, 0.4) is 0 Å². The highest BCUT2D eigenvalue weighted by atomic mass is 16.1. The van der Waals surface area contributed by atoms with Gasteiger partial charge in [-0.05, 0) is 12.8 Å². The Bertz CT molecular complexity index is 121. The van der Waals surface area contributed by atoms with Crippen LogP contribution in [0.1, 0.15) is 39.5 Å². The predicted octanol–water partition coefficient (Wildman–Crippen LogP) is 2.40. The van der Waals surface area contributed by atoms with Gasteiger partial charge in [-0.25, -0.2) is 0 Å². The van der Waals surface area contributed by atoms with Crippen molar-refractivity contribution in [1.82, 2.24) is 0 Å². The van der Waals surface area contributed by atoms with Gasteiger partial charge in [0.15, 0.2) is 0 Å². The maximum atomic E-state index is 11.3. The average molecular weight is 140 g/mol. The van der Waals surface area contributed by atoms with Crippen LogP contribution < -0.4 is 0 Å². The third-order valence-electron chi connectivity index (χ3n) is 2.33. The molecule has 0 N–H and O–H groups in total. The fourth-order valence-corrected chi connectivity index (χ4v) is 1.68. The molecule has 0 aromatic heterocycles. The zero-order valence-electron chi connectivity index (χ0n) is 6.89. The van der Waals surface area contributed by atoms with Crippen LogP contribution in [0.15, 0.2) is 0 Å². The van der Waals surface area contributed by atoms with Crippen molar-refractivity contribution in [3.8, 4) is 0 Å². The van der Waals surface area contributed by atoms with E-state index >= 15 is 0 Å². The van der Waals surface area contributed by atoms with Gasteiger partial charge < -0.3 is 0 Å². The van der Waals surface area contributed by atoms with Crippen LogP contribution in [-0.2, 0) is 4.79 Å².